The number of rotatable bonds is 5. The van der Waals surface area contributed by atoms with E-state index in [0.717, 1.165) is 12.1 Å². The predicted octanol–water partition coefficient (Wildman–Crippen LogP) is 3.85. The third-order valence-corrected chi connectivity index (χ3v) is 3.59. The molecular formula is C15H23NOS. The molecule has 0 saturated carbocycles. The van der Waals surface area contributed by atoms with Crippen LogP contribution in [0.5, 0.6) is 0 Å². The van der Waals surface area contributed by atoms with E-state index in [2.05, 4.69) is 32.6 Å². The van der Waals surface area contributed by atoms with Gasteiger partial charge in [0, 0.05) is 12.6 Å². The summed E-state index contributed by atoms with van der Waals surface area (Å²) in [6.45, 7) is 10.1. The first kappa shape index (κ1) is 15.0. The lowest BCUT2D eigenvalue weighted by atomic mass is 10.1. The van der Waals surface area contributed by atoms with Crippen molar-refractivity contribution in [1.29, 1.82) is 0 Å². The summed E-state index contributed by atoms with van der Waals surface area (Å²) < 4.78 is 5.71. The number of ether oxygens (including phenoxy) is 1. The fourth-order valence-electron chi connectivity index (χ4n) is 1.75. The van der Waals surface area contributed by atoms with Crippen LogP contribution in [0.15, 0.2) is 30.3 Å². The van der Waals surface area contributed by atoms with Gasteiger partial charge in [-0.15, -0.1) is 0 Å². The summed E-state index contributed by atoms with van der Waals surface area (Å²) >= 11 is 5.37. The Morgan fingerprint density at radius 2 is 1.83 bits per heavy atom. The fourth-order valence-corrected chi connectivity index (χ4v) is 2.10. The van der Waals surface area contributed by atoms with E-state index in [1.807, 2.05) is 30.3 Å². The molecule has 0 aromatic heterocycles. The van der Waals surface area contributed by atoms with Crippen molar-refractivity contribution < 1.29 is 4.74 Å². The molecule has 1 aromatic carbocycles. The number of benzene rings is 1. The molecule has 0 aliphatic carbocycles. The number of nitrogens with zero attached hydrogens (tertiary/aromatic N) is 1. The molecular weight excluding hydrogens is 242 g/mol. The lowest BCUT2D eigenvalue weighted by Crippen LogP contribution is -2.41. The van der Waals surface area contributed by atoms with Gasteiger partial charge in [-0.2, -0.15) is 0 Å². The maximum Gasteiger partial charge on any atom is 0.259 e. The minimum absolute atomic E-state index is 0.401. The van der Waals surface area contributed by atoms with Crippen LogP contribution in [-0.4, -0.2) is 22.7 Å². The lowest BCUT2D eigenvalue weighted by Gasteiger charge is -2.32. The highest BCUT2D eigenvalue weighted by molar-refractivity contribution is 7.80. The summed E-state index contributed by atoms with van der Waals surface area (Å²) in [6, 6.07) is 10.5. The van der Waals surface area contributed by atoms with Crippen LogP contribution >= 0.6 is 12.2 Å². The Morgan fingerprint density at radius 1 is 1.22 bits per heavy atom. The molecule has 1 unspecified atom stereocenters. The second-order valence-corrected chi connectivity index (χ2v) is 5.16. The molecule has 1 atom stereocenters. The zero-order valence-corrected chi connectivity index (χ0v) is 12.5. The molecule has 0 spiro atoms. The van der Waals surface area contributed by atoms with Crippen molar-refractivity contribution in [2.24, 2.45) is 5.92 Å². The van der Waals surface area contributed by atoms with Crippen molar-refractivity contribution in [1.82, 2.24) is 4.90 Å². The summed E-state index contributed by atoms with van der Waals surface area (Å²) in [5.74, 6) is 0.559. The van der Waals surface area contributed by atoms with E-state index in [4.69, 9.17) is 17.0 Å². The Morgan fingerprint density at radius 3 is 2.33 bits per heavy atom. The van der Waals surface area contributed by atoms with Gasteiger partial charge in [-0.3, -0.25) is 0 Å². The van der Waals surface area contributed by atoms with Crippen molar-refractivity contribution in [2.75, 3.05) is 6.54 Å². The van der Waals surface area contributed by atoms with E-state index in [1.165, 1.54) is 0 Å². The molecule has 0 N–H and O–H groups in total. The average molecular weight is 265 g/mol. The summed E-state index contributed by atoms with van der Waals surface area (Å²) in [5.41, 5.74) is 1.15. The highest BCUT2D eigenvalue weighted by Gasteiger charge is 2.19. The molecule has 0 heterocycles. The molecule has 1 rings (SSSR count). The van der Waals surface area contributed by atoms with Crippen molar-refractivity contribution in [3.8, 4) is 0 Å². The quantitative estimate of drug-likeness (QED) is 0.750. The Bertz CT molecular complexity index is 364. The minimum atomic E-state index is 0.401. The Hall–Kier alpha value is -1.09. The lowest BCUT2D eigenvalue weighted by molar-refractivity contribution is 0.188. The van der Waals surface area contributed by atoms with Crippen LogP contribution in [0, 0.1) is 5.92 Å². The van der Waals surface area contributed by atoms with E-state index in [0.29, 0.717) is 23.7 Å². The minimum Gasteiger partial charge on any atom is -0.466 e. The van der Waals surface area contributed by atoms with Crippen molar-refractivity contribution in [2.45, 2.75) is 40.3 Å². The van der Waals surface area contributed by atoms with Crippen LogP contribution < -0.4 is 0 Å². The molecule has 0 aliphatic rings. The SMILES string of the molecule is CCN(C(=S)OCc1ccccc1)C(C)C(C)C. The summed E-state index contributed by atoms with van der Waals surface area (Å²) in [6.07, 6.45) is 0. The third kappa shape index (κ3) is 4.30. The van der Waals surface area contributed by atoms with Gasteiger partial charge in [-0.05, 0) is 37.5 Å². The normalized spacial score (nSPS) is 12.3. The number of hydrogen-bond donors (Lipinski definition) is 0. The average Bonchev–Trinajstić information content (AvgIpc) is 2.38. The van der Waals surface area contributed by atoms with Gasteiger partial charge in [0.25, 0.3) is 5.17 Å². The van der Waals surface area contributed by atoms with E-state index in [-0.39, 0.29) is 0 Å². The first-order valence-electron chi connectivity index (χ1n) is 6.53. The molecule has 0 bridgehead atoms. The molecule has 18 heavy (non-hydrogen) atoms. The van der Waals surface area contributed by atoms with Crippen LogP contribution in [0.1, 0.15) is 33.3 Å². The fraction of sp³-hybridized carbons (Fsp3) is 0.533. The molecule has 100 valence electrons. The monoisotopic (exact) mass is 265 g/mol. The zero-order valence-electron chi connectivity index (χ0n) is 11.7. The summed E-state index contributed by atoms with van der Waals surface area (Å²) in [4.78, 5) is 2.14. The van der Waals surface area contributed by atoms with Crippen LogP contribution in [0.3, 0.4) is 0 Å². The topological polar surface area (TPSA) is 12.5 Å². The molecule has 2 nitrogen and oxygen atoms in total. The zero-order chi connectivity index (χ0) is 13.5. The summed E-state index contributed by atoms with van der Waals surface area (Å²) in [5, 5.41) is 0.600. The predicted molar refractivity (Wildman–Crippen MR) is 80.5 cm³/mol. The maximum absolute atomic E-state index is 5.71. The highest BCUT2D eigenvalue weighted by Crippen LogP contribution is 2.12. The van der Waals surface area contributed by atoms with Crippen molar-refractivity contribution in [3.05, 3.63) is 35.9 Å². The number of thiocarbonyl (C=S) groups is 1. The van der Waals surface area contributed by atoms with Crippen molar-refractivity contribution in [3.63, 3.8) is 0 Å². The first-order valence-corrected chi connectivity index (χ1v) is 6.94. The van der Waals surface area contributed by atoms with E-state index in [9.17, 15) is 0 Å². The maximum atomic E-state index is 5.71. The molecule has 3 heteroatoms. The largest absolute Gasteiger partial charge is 0.466 e. The van der Waals surface area contributed by atoms with Gasteiger partial charge < -0.3 is 9.64 Å². The van der Waals surface area contributed by atoms with Crippen LogP contribution in [0.4, 0.5) is 0 Å². The van der Waals surface area contributed by atoms with Gasteiger partial charge in [0.15, 0.2) is 0 Å². The van der Waals surface area contributed by atoms with Crippen LogP contribution in [-0.2, 0) is 11.3 Å². The second-order valence-electron chi connectivity index (χ2n) is 4.81. The molecule has 0 aliphatic heterocycles. The van der Waals surface area contributed by atoms with Crippen LogP contribution in [0.2, 0.25) is 0 Å². The van der Waals surface area contributed by atoms with E-state index in [1.54, 1.807) is 0 Å². The summed E-state index contributed by atoms with van der Waals surface area (Å²) in [7, 11) is 0. The van der Waals surface area contributed by atoms with E-state index < -0.39 is 0 Å². The second kappa shape index (κ2) is 7.37. The molecule has 0 fully saturated rings. The van der Waals surface area contributed by atoms with Gasteiger partial charge in [-0.25, -0.2) is 0 Å². The van der Waals surface area contributed by atoms with E-state index >= 15 is 0 Å². The highest BCUT2D eigenvalue weighted by atomic mass is 32.1. The van der Waals surface area contributed by atoms with Crippen molar-refractivity contribution >= 4 is 17.4 Å². The smallest absolute Gasteiger partial charge is 0.259 e. The number of hydrogen-bond acceptors (Lipinski definition) is 2. The van der Waals surface area contributed by atoms with Gasteiger partial charge in [0.05, 0.1) is 0 Å². The van der Waals surface area contributed by atoms with Gasteiger partial charge in [-0.1, -0.05) is 44.2 Å². The molecule has 0 saturated heterocycles. The Kier molecular flexibility index (Phi) is 6.13. The third-order valence-electron chi connectivity index (χ3n) is 3.24. The van der Waals surface area contributed by atoms with Gasteiger partial charge >= 0.3 is 0 Å². The molecule has 0 amide bonds. The molecule has 0 radical (unpaired) electrons. The van der Waals surface area contributed by atoms with Crippen LogP contribution in [0.25, 0.3) is 0 Å². The van der Waals surface area contributed by atoms with Gasteiger partial charge in [0.2, 0.25) is 0 Å². The Labute approximate surface area is 116 Å². The standard InChI is InChI=1S/C15H23NOS/c1-5-16(13(4)12(2)3)15(18)17-11-14-9-7-6-8-10-14/h6-10,12-13H,5,11H2,1-4H3. The Balaban J connectivity index is 2.53. The first-order chi connectivity index (χ1) is 8.56. The van der Waals surface area contributed by atoms with Gasteiger partial charge in [0.1, 0.15) is 6.61 Å². The molecule has 1 aromatic rings.